The Morgan fingerprint density at radius 2 is 1.88 bits per heavy atom. The summed E-state index contributed by atoms with van der Waals surface area (Å²) in [5.41, 5.74) is 10.5. The SMILES string of the molecule is CCCCCCCOc1ccc(-c2cnc(-c3ccc(CC(N)C(=O)O)cc3C)[nH]2)cc1. The summed E-state index contributed by atoms with van der Waals surface area (Å²) in [4.78, 5) is 18.9. The van der Waals surface area contributed by atoms with Crippen LogP contribution in [0.5, 0.6) is 5.75 Å². The second-order valence-electron chi connectivity index (χ2n) is 8.23. The molecule has 0 radical (unpaired) electrons. The fourth-order valence-electron chi connectivity index (χ4n) is 3.69. The van der Waals surface area contributed by atoms with Gasteiger partial charge in [0.25, 0.3) is 0 Å². The molecule has 0 fully saturated rings. The smallest absolute Gasteiger partial charge is 0.320 e. The number of hydrogen-bond donors (Lipinski definition) is 3. The zero-order valence-corrected chi connectivity index (χ0v) is 18.9. The van der Waals surface area contributed by atoms with Crippen LogP contribution in [-0.4, -0.2) is 33.7 Å². The fourth-order valence-corrected chi connectivity index (χ4v) is 3.69. The lowest BCUT2D eigenvalue weighted by Crippen LogP contribution is -2.32. The molecule has 0 bridgehead atoms. The molecule has 0 spiro atoms. The first-order valence-electron chi connectivity index (χ1n) is 11.3. The third-order valence-corrected chi connectivity index (χ3v) is 5.58. The van der Waals surface area contributed by atoms with Crippen molar-refractivity contribution < 1.29 is 14.6 Å². The molecule has 0 aliphatic heterocycles. The number of aliphatic carboxylic acids is 1. The molecule has 1 aromatic heterocycles. The minimum absolute atomic E-state index is 0.299. The van der Waals surface area contributed by atoms with Crippen LogP contribution in [0.4, 0.5) is 0 Å². The van der Waals surface area contributed by atoms with Crippen LogP contribution >= 0.6 is 0 Å². The van der Waals surface area contributed by atoms with Gasteiger partial charge >= 0.3 is 5.97 Å². The van der Waals surface area contributed by atoms with Gasteiger partial charge in [-0.2, -0.15) is 0 Å². The Kier molecular flexibility index (Phi) is 8.45. The lowest BCUT2D eigenvalue weighted by molar-refractivity contribution is -0.138. The van der Waals surface area contributed by atoms with E-state index in [1.165, 1.54) is 25.7 Å². The quantitative estimate of drug-likeness (QED) is 0.333. The van der Waals surface area contributed by atoms with E-state index >= 15 is 0 Å². The van der Waals surface area contributed by atoms with Gasteiger partial charge in [-0.1, -0.05) is 50.8 Å². The van der Waals surface area contributed by atoms with Crippen molar-refractivity contribution in [3.05, 3.63) is 59.8 Å². The molecule has 1 heterocycles. The Morgan fingerprint density at radius 3 is 2.56 bits per heavy atom. The van der Waals surface area contributed by atoms with Gasteiger partial charge in [0, 0.05) is 5.56 Å². The molecule has 3 rings (SSSR count). The van der Waals surface area contributed by atoms with Gasteiger partial charge in [0.05, 0.1) is 18.5 Å². The first kappa shape index (κ1) is 23.5. The van der Waals surface area contributed by atoms with E-state index in [0.29, 0.717) is 6.42 Å². The summed E-state index contributed by atoms with van der Waals surface area (Å²) in [5.74, 6) is 0.666. The maximum absolute atomic E-state index is 11.0. The zero-order valence-electron chi connectivity index (χ0n) is 18.9. The number of aromatic nitrogens is 2. The van der Waals surface area contributed by atoms with Gasteiger partial charge in [-0.15, -0.1) is 0 Å². The number of carboxylic acids is 1. The molecule has 0 saturated heterocycles. The number of hydrogen-bond acceptors (Lipinski definition) is 4. The topological polar surface area (TPSA) is 101 Å². The number of nitrogens with two attached hydrogens (primary N) is 1. The molecule has 1 unspecified atom stereocenters. The zero-order chi connectivity index (χ0) is 22.9. The molecule has 32 heavy (non-hydrogen) atoms. The van der Waals surface area contributed by atoms with Crippen molar-refractivity contribution in [2.75, 3.05) is 6.61 Å². The van der Waals surface area contributed by atoms with E-state index in [2.05, 4.69) is 16.9 Å². The molecule has 4 N–H and O–H groups in total. The number of aromatic amines is 1. The van der Waals surface area contributed by atoms with E-state index in [1.807, 2.05) is 55.6 Å². The number of carbonyl (C=O) groups is 1. The number of nitrogens with zero attached hydrogens (tertiary/aromatic N) is 1. The number of ether oxygens (including phenoxy) is 1. The molecule has 170 valence electrons. The predicted molar refractivity (Wildman–Crippen MR) is 128 cm³/mol. The van der Waals surface area contributed by atoms with Crippen LogP contribution in [0.1, 0.15) is 50.2 Å². The second-order valence-corrected chi connectivity index (χ2v) is 8.23. The number of aryl methyl sites for hydroxylation is 1. The molecule has 2 aromatic carbocycles. The number of rotatable bonds is 12. The van der Waals surface area contributed by atoms with Crippen molar-refractivity contribution in [3.8, 4) is 28.4 Å². The molecular formula is C26H33N3O3. The normalized spacial score (nSPS) is 12.0. The van der Waals surface area contributed by atoms with Gasteiger partial charge in [0.2, 0.25) is 0 Å². The number of nitrogens with one attached hydrogen (secondary N) is 1. The number of H-pyrrole nitrogens is 1. The summed E-state index contributed by atoms with van der Waals surface area (Å²) in [5, 5.41) is 9.01. The van der Waals surface area contributed by atoms with Gasteiger partial charge in [0.1, 0.15) is 17.6 Å². The summed E-state index contributed by atoms with van der Waals surface area (Å²) >= 11 is 0. The van der Waals surface area contributed by atoms with E-state index < -0.39 is 12.0 Å². The minimum Gasteiger partial charge on any atom is -0.494 e. The van der Waals surface area contributed by atoms with E-state index in [4.69, 9.17) is 15.6 Å². The molecule has 0 aliphatic carbocycles. The third-order valence-electron chi connectivity index (χ3n) is 5.58. The standard InChI is InChI=1S/C26H33N3O3/c1-3-4-5-6-7-14-32-21-11-9-20(10-12-21)24-17-28-25(29-24)22-13-8-19(15-18(22)2)16-23(27)26(30)31/h8-13,15,17,23H,3-7,14,16,27H2,1-2H3,(H,28,29)(H,30,31). The van der Waals surface area contributed by atoms with E-state index in [-0.39, 0.29) is 0 Å². The highest BCUT2D eigenvalue weighted by Gasteiger charge is 2.14. The van der Waals surface area contributed by atoms with Crippen LogP contribution in [0.3, 0.4) is 0 Å². The summed E-state index contributed by atoms with van der Waals surface area (Å²) in [7, 11) is 0. The molecule has 0 saturated carbocycles. The Hall–Kier alpha value is -3.12. The van der Waals surface area contributed by atoms with Gasteiger partial charge in [-0.3, -0.25) is 4.79 Å². The monoisotopic (exact) mass is 435 g/mol. The maximum atomic E-state index is 11.0. The number of imidazole rings is 1. The summed E-state index contributed by atoms with van der Waals surface area (Å²) in [6, 6.07) is 13.0. The summed E-state index contributed by atoms with van der Waals surface area (Å²) in [6.07, 6.45) is 8.26. The van der Waals surface area contributed by atoms with Crippen molar-refractivity contribution in [2.24, 2.45) is 5.73 Å². The number of carboxylic acid groups (broad SMARTS) is 1. The molecular weight excluding hydrogens is 402 g/mol. The maximum Gasteiger partial charge on any atom is 0.320 e. The Morgan fingerprint density at radius 1 is 1.12 bits per heavy atom. The van der Waals surface area contributed by atoms with E-state index in [9.17, 15) is 4.79 Å². The number of benzene rings is 2. The highest BCUT2D eigenvalue weighted by molar-refractivity contribution is 5.73. The minimum atomic E-state index is -0.995. The molecule has 0 aliphatic rings. The molecule has 1 atom stereocenters. The van der Waals surface area contributed by atoms with Crippen LogP contribution < -0.4 is 10.5 Å². The van der Waals surface area contributed by atoms with Crippen LogP contribution in [-0.2, 0) is 11.2 Å². The highest BCUT2D eigenvalue weighted by Crippen LogP contribution is 2.26. The lowest BCUT2D eigenvalue weighted by atomic mass is 10.0. The average Bonchev–Trinajstić information content (AvgIpc) is 3.26. The lowest BCUT2D eigenvalue weighted by Gasteiger charge is -2.09. The second kappa shape index (κ2) is 11.5. The first-order chi connectivity index (χ1) is 15.5. The summed E-state index contributed by atoms with van der Waals surface area (Å²) < 4.78 is 5.85. The van der Waals surface area contributed by atoms with Crippen molar-refractivity contribution >= 4 is 5.97 Å². The van der Waals surface area contributed by atoms with Crippen molar-refractivity contribution in [3.63, 3.8) is 0 Å². The number of unbranched alkanes of at least 4 members (excludes halogenated alkanes) is 4. The molecule has 0 amide bonds. The third kappa shape index (κ3) is 6.44. The Bertz CT molecular complexity index is 1010. The Balaban J connectivity index is 1.61. The molecule has 3 aromatic rings. The average molecular weight is 436 g/mol. The van der Waals surface area contributed by atoms with Crippen LogP contribution in [0.25, 0.3) is 22.6 Å². The van der Waals surface area contributed by atoms with Gasteiger partial charge < -0.3 is 20.6 Å². The van der Waals surface area contributed by atoms with Crippen LogP contribution in [0.2, 0.25) is 0 Å². The van der Waals surface area contributed by atoms with Gasteiger partial charge in [0.15, 0.2) is 0 Å². The fraction of sp³-hybridized carbons (Fsp3) is 0.385. The predicted octanol–water partition coefficient (Wildman–Crippen LogP) is 5.36. The Labute approximate surface area is 189 Å². The van der Waals surface area contributed by atoms with Gasteiger partial charge in [-0.05, 0) is 60.7 Å². The first-order valence-corrected chi connectivity index (χ1v) is 11.3. The van der Waals surface area contributed by atoms with E-state index in [1.54, 1.807) is 0 Å². The van der Waals surface area contributed by atoms with Crippen molar-refractivity contribution in [2.45, 2.75) is 58.4 Å². The summed E-state index contributed by atoms with van der Waals surface area (Å²) in [6.45, 7) is 4.96. The van der Waals surface area contributed by atoms with Crippen molar-refractivity contribution in [1.29, 1.82) is 0 Å². The van der Waals surface area contributed by atoms with E-state index in [0.717, 1.165) is 52.5 Å². The largest absolute Gasteiger partial charge is 0.494 e. The molecule has 6 heteroatoms. The molecule has 6 nitrogen and oxygen atoms in total. The highest BCUT2D eigenvalue weighted by atomic mass is 16.5. The van der Waals surface area contributed by atoms with Crippen LogP contribution in [0.15, 0.2) is 48.7 Å². The van der Waals surface area contributed by atoms with Gasteiger partial charge in [-0.25, -0.2) is 4.98 Å². The van der Waals surface area contributed by atoms with Crippen molar-refractivity contribution in [1.82, 2.24) is 9.97 Å². The van der Waals surface area contributed by atoms with Crippen LogP contribution in [0, 0.1) is 6.92 Å².